The molecule has 4 bridgehead atoms. The van der Waals surface area contributed by atoms with Crippen molar-refractivity contribution in [3.63, 3.8) is 0 Å². The lowest BCUT2D eigenvalue weighted by Crippen LogP contribution is -2.46. The zero-order chi connectivity index (χ0) is 26.8. The van der Waals surface area contributed by atoms with Gasteiger partial charge >= 0.3 is 27.3 Å². The molecule has 0 aromatic rings. The molecule has 0 aromatic carbocycles. The van der Waals surface area contributed by atoms with Gasteiger partial charge in [0.25, 0.3) is 10.1 Å². The SMILES string of the molecule is O=C(CCCC1CCC2CCCC1C2)OC1C2CC3C1OS(=O)(=O)C3C2C(=O)OCC(F)(F)S(=O)(=O)O. The minimum Gasteiger partial charge on any atom is -0.459 e. The summed E-state index contributed by atoms with van der Waals surface area (Å²) >= 11 is 0. The van der Waals surface area contributed by atoms with Crippen LogP contribution in [0, 0.1) is 35.5 Å². The molecule has 1 N–H and O–H groups in total. The van der Waals surface area contributed by atoms with Crippen molar-refractivity contribution in [2.24, 2.45) is 35.5 Å². The molecule has 1 aliphatic heterocycles. The van der Waals surface area contributed by atoms with Crippen LogP contribution in [0.25, 0.3) is 0 Å². The Hall–Kier alpha value is -1.38. The fraction of sp³-hybridized carbons (Fsp3) is 0.913. The number of rotatable bonds is 9. The Kier molecular flexibility index (Phi) is 7.11. The largest absolute Gasteiger partial charge is 0.459 e. The standard InChI is InChI=1S/C23H32F2O10S2/c24-23(25,37(30,31)32)11-33-22(27)18-15-10-16-20(35-36(28,29)21(16)18)19(15)34-17(26)6-2-4-13-8-7-12-3-1-5-14(13)9-12/h12-16,18-21H,1-11H2,(H,30,31,32). The predicted molar refractivity (Wildman–Crippen MR) is 122 cm³/mol. The molecule has 5 rings (SSSR count). The third kappa shape index (κ3) is 5.03. The molecule has 1 saturated heterocycles. The Balaban J connectivity index is 1.19. The number of hydrogen-bond acceptors (Lipinski definition) is 9. The van der Waals surface area contributed by atoms with E-state index in [4.69, 9.17) is 13.5 Å². The highest BCUT2D eigenvalue weighted by molar-refractivity contribution is 7.87. The summed E-state index contributed by atoms with van der Waals surface area (Å²) in [5.41, 5.74) is 0. The van der Waals surface area contributed by atoms with Crippen molar-refractivity contribution in [1.29, 1.82) is 0 Å². The van der Waals surface area contributed by atoms with Crippen molar-refractivity contribution in [3.8, 4) is 0 Å². The Bertz CT molecular complexity index is 1140. The minimum atomic E-state index is -5.84. The highest BCUT2D eigenvalue weighted by atomic mass is 32.2. The number of alkyl halides is 2. The van der Waals surface area contributed by atoms with Crippen LogP contribution >= 0.6 is 0 Å². The highest BCUT2D eigenvalue weighted by Crippen LogP contribution is 2.59. The molecular weight excluding hydrogens is 538 g/mol. The predicted octanol–water partition coefficient (Wildman–Crippen LogP) is 2.67. The van der Waals surface area contributed by atoms with Crippen molar-refractivity contribution in [2.45, 2.75) is 86.9 Å². The van der Waals surface area contributed by atoms with Crippen molar-refractivity contribution in [3.05, 3.63) is 0 Å². The van der Waals surface area contributed by atoms with E-state index in [9.17, 15) is 35.2 Å². The Morgan fingerprint density at radius 1 is 1.08 bits per heavy atom. The van der Waals surface area contributed by atoms with E-state index in [1.54, 1.807) is 0 Å². The molecule has 37 heavy (non-hydrogen) atoms. The average Bonchev–Trinajstić information content (AvgIpc) is 3.41. The van der Waals surface area contributed by atoms with Gasteiger partial charge in [0.2, 0.25) is 0 Å². The second-order valence-electron chi connectivity index (χ2n) is 11.3. The average molecular weight is 571 g/mol. The number of carbonyl (C=O) groups is 2. The molecular formula is C23H32F2O10S2. The van der Waals surface area contributed by atoms with Gasteiger partial charge in [0, 0.05) is 18.3 Å². The Labute approximate surface area is 214 Å². The van der Waals surface area contributed by atoms with Crippen LogP contribution in [0.4, 0.5) is 8.78 Å². The van der Waals surface area contributed by atoms with Gasteiger partial charge in [-0.2, -0.15) is 25.6 Å². The normalized spacial score (nSPS) is 39.9. The molecule has 10 nitrogen and oxygen atoms in total. The first-order valence-electron chi connectivity index (χ1n) is 12.9. The summed E-state index contributed by atoms with van der Waals surface area (Å²) in [4.78, 5) is 25.3. The second kappa shape index (κ2) is 9.67. The maximum atomic E-state index is 13.5. The molecule has 210 valence electrons. The van der Waals surface area contributed by atoms with Crippen molar-refractivity contribution in [1.82, 2.24) is 0 Å². The van der Waals surface area contributed by atoms with Crippen LogP contribution in [-0.4, -0.2) is 62.6 Å². The molecule has 5 fully saturated rings. The summed E-state index contributed by atoms with van der Waals surface area (Å²) < 4.78 is 97.7. The molecule has 0 aromatic heterocycles. The lowest BCUT2D eigenvalue weighted by Gasteiger charge is -2.40. The highest BCUT2D eigenvalue weighted by Gasteiger charge is 2.72. The number of esters is 2. The van der Waals surface area contributed by atoms with Gasteiger partial charge in [-0.25, -0.2) is 0 Å². The van der Waals surface area contributed by atoms with Gasteiger partial charge in [-0.15, -0.1) is 0 Å². The van der Waals surface area contributed by atoms with Gasteiger partial charge in [0.05, 0.1) is 5.92 Å². The zero-order valence-corrected chi connectivity index (χ0v) is 21.8. The molecule has 0 amide bonds. The van der Waals surface area contributed by atoms with Crippen LogP contribution in [0.15, 0.2) is 0 Å². The number of hydrogen-bond donors (Lipinski definition) is 1. The van der Waals surface area contributed by atoms with Gasteiger partial charge in [-0.05, 0) is 49.9 Å². The summed E-state index contributed by atoms with van der Waals surface area (Å²) in [7, 11) is -10.1. The maximum Gasteiger partial charge on any atom is 0.402 e. The van der Waals surface area contributed by atoms with Crippen molar-refractivity contribution in [2.75, 3.05) is 6.61 Å². The smallest absolute Gasteiger partial charge is 0.402 e. The third-order valence-corrected chi connectivity index (χ3v) is 11.9. The van der Waals surface area contributed by atoms with Gasteiger partial charge in [-0.3, -0.25) is 18.3 Å². The summed E-state index contributed by atoms with van der Waals surface area (Å²) in [6.45, 7) is -1.97. The van der Waals surface area contributed by atoms with Crippen molar-refractivity contribution >= 4 is 32.2 Å². The fourth-order valence-electron chi connectivity index (χ4n) is 7.59. The van der Waals surface area contributed by atoms with Crippen LogP contribution in [0.5, 0.6) is 0 Å². The van der Waals surface area contributed by atoms with E-state index in [1.807, 2.05) is 0 Å². The quantitative estimate of drug-likeness (QED) is 0.249. The van der Waals surface area contributed by atoms with E-state index < -0.39 is 79.2 Å². The molecule has 9 atom stereocenters. The first-order chi connectivity index (χ1) is 17.3. The molecule has 4 saturated carbocycles. The topological polar surface area (TPSA) is 150 Å². The van der Waals surface area contributed by atoms with E-state index in [2.05, 4.69) is 4.74 Å². The number of ether oxygens (including phenoxy) is 2. The number of carbonyl (C=O) groups excluding carboxylic acids is 2. The summed E-state index contributed by atoms with van der Waals surface area (Å²) in [5, 5.41) is -6.11. The Morgan fingerprint density at radius 2 is 1.84 bits per heavy atom. The van der Waals surface area contributed by atoms with Gasteiger partial charge < -0.3 is 9.47 Å². The molecule has 9 unspecified atom stereocenters. The van der Waals surface area contributed by atoms with Crippen LogP contribution in [0.2, 0.25) is 0 Å². The molecule has 5 aliphatic rings. The summed E-state index contributed by atoms with van der Waals surface area (Å²) in [6, 6.07) is 0. The summed E-state index contributed by atoms with van der Waals surface area (Å²) in [6.07, 6.45) is 7.32. The maximum absolute atomic E-state index is 13.5. The molecule has 14 heteroatoms. The van der Waals surface area contributed by atoms with E-state index >= 15 is 0 Å². The van der Waals surface area contributed by atoms with Gasteiger partial charge in [0.15, 0.2) is 6.61 Å². The van der Waals surface area contributed by atoms with Crippen molar-refractivity contribution < 1.29 is 53.4 Å². The lowest BCUT2D eigenvalue weighted by molar-refractivity contribution is -0.166. The van der Waals surface area contributed by atoms with Crippen LogP contribution in [0.1, 0.15) is 64.2 Å². The first-order valence-corrected chi connectivity index (χ1v) is 15.8. The Morgan fingerprint density at radius 3 is 2.57 bits per heavy atom. The van der Waals surface area contributed by atoms with E-state index in [-0.39, 0.29) is 12.8 Å². The van der Waals surface area contributed by atoms with E-state index in [0.717, 1.165) is 12.3 Å². The van der Waals surface area contributed by atoms with Crippen LogP contribution in [0.3, 0.4) is 0 Å². The fourth-order valence-corrected chi connectivity index (χ4v) is 9.85. The number of halogens is 2. The lowest BCUT2D eigenvalue weighted by atomic mass is 9.66. The van der Waals surface area contributed by atoms with E-state index in [0.29, 0.717) is 18.3 Å². The monoisotopic (exact) mass is 570 g/mol. The molecule has 4 aliphatic carbocycles. The third-order valence-electron chi connectivity index (χ3n) is 9.22. The molecule has 1 heterocycles. The first kappa shape index (κ1) is 27.2. The number of fused-ring (bicyclic) bond motifs is 3. The van der Waals surface area contributed by atoms with Crippen LogP contribution in [-0.2, 0) is 43.5 Å². The van der Waals surface area contributed by atoms with Gasteiger partial charge in [0.1, 0.15) is 17.5 Å². The summed E-state index contributed by atoms with van der Waals surface area (Å²) in [5.74, 6) is -2.71. The van der Waals surface area contributed by atoms with Crippen LogP contribution < -0.4 is 0 Å². The van der Waals surface area contributed by atoms with E-state index in [1.165, 1.54) is 38.5 Å². The molecule has 0 spiro atoms. The van der Waals surface area contributed by atoms with Gasteiger partial charge in [-0.1, -0.05) is 25.7 Å². The zero-order valence-electron chi connectivity index (χ0n) is 20.2. The second-order valence-corrected chi connectivity index (χ2v) is 14.6. The minimum absolute atomic E-state index is 0.138. The molecule has 0 radical (unpaired) electrons.